The molecule has 84 valence electrons. The second kappa shape index (κ2) is 4.30. The summed E-state index contributed by atoms with van der Waals surface area (Å²) in [4.78, 5) is 13.5. The standard InChI is InChI=1S/C15H12OS/c16-15-12(10-11-4-2-1-3-5-11)6-7-14-13(15)8-9-17-14/h1-5,8-10H,6-7H2/b12-10+. The minimum absolute atomic E-state index is 0.205. The highest BCUT2D eigenvalue weighted by Crippen LogP contribution is 2.30. The van der Waals surface area contributed by atoms with Gasteiger partial charge >= 0.3 is 0 Å². The molecule has 1 aromatic heterocycles. The van der Waals surface area contributed by atoms with Crippen molar-refractivity contribution in [3.8, 4) is 0 Å². The summed E-state index contributed by atoms with van der Waals surface area (Å²) in [6.45, 7) is 0. The van der Waals surface area contributed by atoms with Gasteiger partial charge in [0.15, 0.2) is 5.78 Å². The quantitative estimate of drug-likeness (QED) is 0.689. The van der Waals surface area contributed by atoms with Crippen LogP contribution in [0.2, 0.25) is 0 Å². The fourth-order valence-corrected chi connectivity index (χ4v) is 3.04. The highest BCUT2D eigenvalue weighted by Gasteiger charge is 2.22. The smallest absolute Gasteiger partial charge is 0.190 e. The number of hydrogen-bond acceptors (Lipinski definition) is 2. The van der Waals surface area contributed by atoms with Crippen LogP contribution in [-0.2, 0) is 6.42 Å². The van der Waals surface area contributed by atoms with Crippen LogP contribution < -0.4 is 0 Å². The molecular formula is C15H12OS. The van der Waals surface area contributed by atoms with E-state index in [9.17, 15) is 4.79 Å². The molecule has 0 atom stereocenters. The Balaban J connectivity index is 1.97. The monoisotopic (exact) mass is 240 g/mol. The summed E-state index contributed by atoms with van der Waals surface area (Å²) in [5, 5.41) is 2.01. The van der Waals surface area contributed by atoms with Crippen molar-refractivity contribution in [3.63, 3.8) is 0 Å². The molecule has 0 N–H and O–H groups in total. The highest BCUT2D eigenvalue weighted by molar-refractivity contribution is 7.10. The topological polar surface area (TPSA) is 17.1 Å². The molecule has 0 unspecified atom stereocenters. The van der Waals surface area contributed by atoms with Crippen molar-refractivity contribution in [1.82, 2.24) is 0 Å². The zero-order valence-corrected chi connectivity index (χ0v) is 10.2. The SMILES string of the molecule is O=C1/C(=C/c2ccccc2)CCc2sccc21. The Bertz CT molecular complexity index is 578. The maximum Gasteiger partial charge on any atom is 0.190 e. The van der Waals surface area contributed by atoms with Crippen LogP contribution in [0.25, 0.3) is 6.08 Å². The summed E-state index contributed by atoms with van der Waals surface area (Å²) in [5.41, 5.74) is 2.94. The molecule has 0 aliphatic heterocycles. The molecule has 0 fully saturated rings. The predicted octanol–water partition coefficient (Wildman–Crippen LogP) is 3.96. The number of fused-ring (bicyclic) bond motifs is 1. The van der Waals surface area contributed by atoms with Gasteiger partial charge in [0.2, 0.25) is 0 Å². The van der Waals surface area contributed by atoms with Crippen LogP contribution in [0.5, 0.6) is 0 Å². The molecule has 1 aliphatic rings. The van der Waals surface area contributed by atoms with Gasteiger partial charge in [-0.1, -0.05) is 30.3 Å². The number of Topliss-reactive ketones (excluding diaryl/α,β-unsaturated/α-hetero) is 1. The number of benzene rings is 1. The summed E-state index contributed by atoms with van der Waals surface area (Å²) in [5.74, 6) is 0.205. The van der Waals surface area contributed by atoms with Gasteiger partial charge in [-0.2, -0.15) is 0 Å². The minimum Gasteiger partial charge on any atom is -0.289 e. The lowest BCUT2D eigenvalue weighted by molar-refractivity contribution is 0.102. The van der Waals surface area contributed by atoms with E-state index < -0.39 is 0 Å². The first kappa shape index (κ1) is 10.5. The number of rotatable bonds is 1. The van der Waals surface area contributed by atoms with Crippen LogP contribution in [-0.4, -0.2) is 5.78 Å². The Morgan fingerprint density at radius 1 is 1.06 bits per heavy atom. The van der Waals surface area contributed by atoms with Gasteiger partial charge in [0.25, 0.3) is 0 Å². The molecule has 0 saturated carbocycles. The molecular weight excluding hydrogens is 228 g/mol. The molecule has 0 amide bonds. The summed E-state index contributed by atoms with van der Waals surface area (Å²) >= 11 is 1.69. The van der Waals surface area contributed by atoms with Crippen molar-refractivity contribution in [3.05, 3.63) is 63.4 Å². The van der Waals surface area contributed by atoms with E-state index >= 15 is 0 Å². The number of aryl methyl sites for hydroxylation is 1. The molecule has 1 heterocycles. The van der Waals surface area contributed by atoms with Gasteiger partial charge in [-0.25, -0.2) is 0 Å². The zero-order valence-electron chi connectivity index (χ0n) is 9.35. The van der Waals surface area contributed by atoms with Gasteiger partial charge in [-0.3, -0.25) is 4.79 Å². The average molecular weight is 240 g/mol. The lowest BCUT2D eigenvalue weighted by Crippen LogP contribution is -2.11. The summed E-state index contributed by atoms with van der Waals surface area (Å²) in [6, 6.07) is 12.0. The van der Waals surface area contributed by atoms with E-state index in [1.54, 1.807) is 11.3 Å². The molecule has 0 radical (unpaired) electrons. The van der Waals surface area contributed by atoms with Gasteiger partial charge < -0.3 is 0 Å². The third kappa shape index (κ3) is 1.96. The second-order valence-electron chi connectivity index (χ2n) is 4.17. The van der Waals surface area contributed by atoms with E-state index in [1.165, 1.54) is 4.88 Å². The Labute approximate surface area is 104 Å². The molecule has 0 spiro atoms. The molecule has 3 rings (SSSR count). The molecule has 2 heteroatoms. The van der Waals surface area contributed by atoms with Crippen molar-refractivity contribution < 1.29 is 4.79 Å². The highest BCUT2D eigenvalue weighted by atomic mass is 32.1. The van der Waals surface area contributed by atoms with Gasteiger partial charge in [0.05, 0.1) is 0 Å². The number of carbonyl (C=O) groups is 1. The van der Waals surface area contributed by atoms with Gasteiger partial charge in [-0.05, 0) is 35.9 Å². The van der Waals surface area contributed by atoms with Gasteiger partial charge in [-0.15, -0.1) is 11.3 Å². The van der Waals surface area contributed by atoms with Crippen LogP contribution in [0.1, 0.15) is 27.2 Å². The van der Waals surface area contributed by atoms with E-state index in [4.69, 9.17) is 0 Å². The first-order valence-electron chi connectivity index (χ1n) is 5.71. The number of thiophene rings is 1. The summed E-state index contributed by atoms with van der Waals surface area (Å²) in [7, 11) is 0. The molecule has 1 aliphatic carbocycles. The number of ketones is 1. The van der Waals surface area contributed by atoms with Crippen LogP contribution in [0.4, 0.5) is 0 Å². The minimum atomic E-state index is 0.205. The Kier molecular flexibility index (Phi) is 2.65. The van der Waals surface area contributed by atoms with E-state index in [-0.39, 0.29) is 5.78 Å². The van der Waals surface area contributed by atoms with Crippen molar-refractivity contribution in [2.45, 2.75) is 12.8 Å². The molecule has 0 saturated heterocycles. The normalized spacial score (nSPS) is 17.2. The lowest BCUT2D eigenvalue weighted by atomic mass is 9.91. The third-order valence-electron chi connectivity index (χ3n) is 3.04. The predicted molar refractivity (Wildman–Crippen MR) is 71.4 cm³/mol. The molecule has 1 aromatic carbocycles. The number of hydrogen-bond donors (Lipinski definition) is 0. The fraction of sp³-hybridized carbons (Fsp3) is 0.133. The van der Waals surface area contributed by atoms with E-state index in [0.29, 0.717) is 0 Å². The Morgan fingerprint density at radius 3 is 2.71 bits per heavy atom. The van der Waals surface area contributed by atoms with Gasteiger partial charge in [0, 0.05) is 16.0 Å². The second-order valence-corrected chi connectivity index (χ2v) is 5.17. The van der Waals surface area contributed by atoms with E-state index in [2.05, 4.69) is 0 Å². The summed E-state index contributed by atoms with van der Waals surface area (Å²) < 4.78 is 0. The first-order chi connectivity index (χ1) is 8.34. The van der Waals surface area contributed by atoms with Crippen LogP contribution >= 0.6 is 11.3 Å². The third-order valence-corrected chi connectivity index (χ3v) is 4.02. The number of allylic oxidation sites excluding steroid dienone is 1. The van der Waals surface area contributed by atoms with E-state index in [0.717, 1.165) is 29.5 Å². The summed E-state index contributed by atoms with van der Waals surface area (Å²) in [6.07, 6.45) is 3.88. The van der Waals surface area contributed by atoms with Crippen LogP contribution in [0, 0.1) is 0 Å². The maximum absolute atomic E-state index is 12.2. The van der Waals surface area contributed by atoms with Gasteiger partial charge in [0.1, 0.15) is 0 Å². The van der Waals surface area contributed by atoms with Crippen LogP contribution in [0.3, 0.4) is 0 Å². The van der Waals surface area contributed by atoms with Crippen molar-refractivity contribution >= 4 is 23.2 Å². The van der Waals surface area contributed by atoms with Crippen LogP contribution in [0.15, 0.2) is 47.4 Å². The first-order valence-corrected chi connectivity index (χ1v) is 6.59. The van der Waals surface area contributed by atoms with Crippen molar-refractivity contribution in [1.29, 1.82) is 0 Å². The fourth-order valence-electron chi connectivity index (χ4n) is 2.16. The zero-order chi connectivity index (χ0) is 11.7. The lowest BCUT2D eigenvalue weighted by Gasteiger charge is -2.13. The maximum atomic E-state index is 12.2. The van der Waals surface area contributed by atoms with Crippen molar-refractivity contribution in [2.75, 3.05) is 0 Å². The van der Waals surface area contributed by atoms with E-state index in [1.807, 2.05) is 47.9 Å². The Morgan fingerprint density at radius 2 is 1.88 bits per heavy atom. The largest absolute Gasteiger partial charge is 0.289 e. The molecule has 2 aromatic rings. The molecule has 1 nitrogen and oxygen atoms in total. The average Bonchev–Trinajstić information content (AvgIpc) is 2.83. The molecule has 17 heavy (non-hydrogen) atoms. The number of carbonyl (C=O) groups excluding carboxylic acids is 1. The Hall–Kier alpha value is -1.67. The van der Waals surface area contributed by atoms with Crippen molar-refractivity contribution in [2.24, 2.45) is 0 Å². The molecule has 0 bridgehead atoms.